The molecule has 1 aromatic rings. The summed E-state index contributed by atoms with van der Waals surface area (Å²) in [5.41, 5.74) is 1.66. The molecule has 2 amide bonds. The van der Waals surface area contributed by atoms with E-state index in [0.29, 0.717) is 19.8 Å². The number of carbonyl (C=O) groups is 2. The van der Waals surface area contributed by atoms with E-state index in [1.165, 1.54) is 6.92 Å². The average Bonchev–Trinajstić information content (AvgIpc) is 3.15. The fourth-order valence-electron chi connectivity index (χ4n) is 3.23. The van der Waals surface area contributed by atoms with Gasteiger partial charge in [0.05, 0.1) is 13.2 Å². The van der Waals surface area contributed by atoms with Gasteiger partial charge < -0.3 is 19.7 Å². The molecule has 2 fully saturated rings. The highest BCUT2D eigenvalue weighted by Crippen LogP contribution is 2.25. The van der Waals surface area contributed by atoms with E-state index < -0.39 is 0 Å². The average molecular weight is 344 g/mol. The third-order valence-corrected chi connectivity index (χ3v) is 4.45. The van der Waals surface area contributed by atoms with Crippen LogP contribution in [-0.4, -0.2) is 49.3 Å². The number of ether oxygens (including phenoxy) is 2. The quantitative estimate of drug-likeness (QED) is 0.851. The lowest BCUT2D eigenvalue weighted by Crippen LogP contribution is -2.43. The van der Waals surface area contributed by atoms with Gasteiger partial charge in [0, 0.05) is 37.7 Å². The van der Waals surface area contributed by atoms with Crippen LogP contribution in [0.3, 0.4) is 0 Å². The molecule has 1 unspecified atom stereocenters. The first-order chi connectivity index (χ1) is 12.1. The lowest BCUT2D eigenvalue weighted by atomic mass is 9.97. The molecular weight excluding hydrogens is 320 g/mol. The molecule has 25 heavy (non-hydrogen) atoms. The van der Waals surface area contributed by atoms with Gasteiger partial charge in [0.2, 0.25) is 11.8 Å². The van der Waals surface area contributed by atoms with Crippen LogP contribution in [0.15, 0.2) is 30.3 Å². The highest BCUT2D eigenvalue weighted by atomic mass is 16.7. The first kappa shape index (κ1) is 17.6. The zero-order chi connectivity index (χ0) is 17.6. The molecule has 6 heteroatoms. The van der Waals surface area contributed by atoms with Crippen LogP contribution in [0.4, 0.5) is 5.69 Å². The Morgan fingerprint density at radius 3 is 2.60 bits per heavy atom. The van der Waals surface area contributed by atoms with E-state index in [0.717, 1.165) is 30.6 Å². The van der Waals surface area contributed by atoms with Gasteiger partial charge in [-0.3, -0.25) is 9.59 Å². The van der Waals surface area contributed by atoms with Crippen LogP contribution in [-0.2, 0) is 19.1 Å². The first-order valence-corrected chi connectivity index (χ1v) is 8.69. The largest absolute Gasteiger partial charge is 0.350 e. The Morgan fingerprint density at radius 2 is 1.92 bits per heavy atom. The van der Waals surface area contributed by atoms with Crippen molar-refractivity contribution < 1.29 is 19.1 Å². The van der Waals surface area contributed by atoms with Crippen molar-refractivity contribution in [3.05, 3.63) is 35.9 Å². The van der Waals surface area contributed by atoms with Crippen molar-refractivity contribution in [1.82, 2.24) is 4.90 Å². The Morgan fingerprint density at radius 1 is 1.20 bits per heavy atom. The number of hydrogen-bond acceptors (Lipinski definition) is 4. The molecule has 0 spiro atoms. The number of nitrogens with one attached hydrogen (secondary N) is 1. The van der Waals surface area contributed by atoms with Gasteiger partial charge in [-0.05, 0) is 36.6 Å². The van der Waals surface area contributed by atoms with Crippen LogP contribution in [0.5, 0.6) is 0 Å². The zero-order valence-electron chi connectivity index (χ0n) is 14.4. The topological polar surface area (TPSA) is 67.9 Å². The van der Waals surface area contributed by atoms with Crippen molar-refractivity contribution in [2.45, 2.75) is 26.1 Å². The number of carbonyl (C=O) groups excluding carboxylic acids is 2. The highest BCUT2D eigenvalue weighted by Gasteiger charge is 2.32. The normalized spacial score (nSPS) is 21.6. The van der Waals surface area contributed by atoms with Crippen molar-refractivity contribution in [1.29, 1.82) is 0 Å². The molecule has 134 valence electrons. The van der Waals surface area contributed by atoms with Gasteiger partial charge in [-0.15, -0.1) is 0 Å². The summed E-state index contributed by atoms with van der Waals surface area (Å²) in [4.78, 5) is 25.3. The van der Waals surface area contributed by atoms with E-state index in [1.54, 1.807) is 12.2 Å². The summed E-state index contributed by atoms with van der Waals surface area (Å²) in [6, 6.07) is 7.37. The Balaban J connectivity index is 1.55. The summed E-state index contributed by atoms with van der Waals surface area (Å²) in [5.74, 6) is 0.160. The van der Waals surface area contributed by atoms with Crippen molar-refractivity contribution in [3.8, 4) is 0 Å². The maximum Gasteiger partial charge on any atom is 0.246 e. The Bertz CT molecular complexity index is 635. The Labute approximate surface area is 147 Å². The fourth-order valence-corrected chi connectivity index (χ4v) is 3.23. The molecule has 0 saturated carbocycles. The molecule has 2 saturated heterocycles. The van der Waals surface area contributed by atoms with Gasteiger partial charge in [0.15, 0.2) is 6.29 Å². The number of nitrogens with zero attached hydrogens (tertiary/aromatic N) is 1. The van der Waals surface area contributed by atoms with Gasteiger partial charge in [-0.1, -0.05) is 12.1 Å². The second-order valence-corrected chi connectivity index (χ2v) is 6.43. The van der Waals surface area contributed by atoms with Crippen molar-refractivity contribution in [2.75, 3.05) is 31.6 Å². The van der Waals surface area contributed by atoms with Gasteiger partial charge >= 0.3 is 0 Å². The van der Waals surface area contributed by atoms with E-state index in [1.807, 2.05) is 29.2 Å². The lowest BCUT2D eigenvalue weighted by molar-refractivity contribution is -0.134. The third-order valence-electron chi connectivity index (χ3n) is 4.45. The smallest absolute Gasteiger partial charge is 0.246 e. The molecule has 1 aromatic carbocycles. The molecule has 1 N–H and O–H groups in total. The van der Waals surface area contributed by atoms with Gasteiger partial charge in [0.1, 0.15) is 0 Å². The molecular formula is C19H24N2O4. The van der Waals surface area contributed by atoms with Crippen molar-refractivity contribution >= 4 is 23.6 Å². The SMILES string of the molecule is CC(=O)Nc1ccc(/C=C/C(=O)N2CCCC(C3OCCO3)C2)cc1. The zero-order valence-corrected chi connectivity index (χ0v) is 14.4. The van der Waals surface area contributed by atoms with Crippen LogP contribution in [0.25, 0.3) is 6.08 Å². The Kier molecular flexibility index (Phi) is 5.83. The predicted molar refractivity (Wildman–Crippen MR) is 94.8 cm³/mol. The van der Waals surface area contributed by atoms with E-state index in [9.17, 15) is 9.59 Å². The second kappa shape index (κ2) is 8.27. The summed E-state index contributed by atoms with van der Waals surface area (Å²) < 4.78 is 11.2. The molecule has 1 atom stereocenters. The molecule has 2 aliphatic rings. The standard InChI is InChI=1S/C19H24N2O4/c1-14(22)20-17-7-4-15(5-8-17)6-9-18(23)21-10-2-3-16(13-21)19-24-11-12-25-19/h4-9,16,19H,2-3,10-13H2,1H3,(H,20,22)/b9-6+. The van der Waals surface area contributed by atoms with Crippen molar-refractivity contribution in [3.63, 3.8) is 0 Å². The minimum absolute atomic E-state index is 0.00799. The van der Waals surface area contributed by atoms with E-state index in [4.69, 9.17) is 9.47 Å². The van der Waals surface area contributed by atoms with Crippen LogP contribution in [0, 0.1) is 5.92 Å². The van der Waals surface area contributed by atoms with E-state index >= 15 is 0 Å². The van der Waals surface area contributed by atoms with Crippen LogP contribution in [0.2, 0.25) is 0 Å². The second-order valence-electron chi connectivity index (χ2n) is 6.43. The lowest BCUT2D eigenvalue weighted by Gasteiger charge is -2.34. The third kappa shape index (κ3) is 4.90. The minimum Gasteiger partial charge on any atom is -0.350 e. The van der Waals surface area contributed by atoms with E-state index in [2.05, 4.69) is 5.32 Å². The van der Waals surface area contributed by atoms with Crippen LogP contribution in [0.1, 0.15) is 25.3 Å². The molecule has 0 radical (unpaired) electrons. The summed E-state index contributed by atoms with van der Waals surface area (Å²) in [6.45, 7) is 4.20. The molecule has 0 bridgehead atoms. The number of benzene rings is 1. The predicted octanol–water partition coefficient (Wildman–Crippen LogP) is 2.27. The summed E-state index contributed by atoms with van der Waals surface area (Å²) >= 11 is 0. The van der Waals surface area contributed by atoms with Gasteiger partial charge in [-0.25, -0.2) is 0 Å². The van der Waals surface area contributed by atoms with Crippen LogP contribution < -0.4 is 5.32 Å². The Hall–Kier alpha value is -2.18. The van der Waals surface area contributed by atoms with Gasteiger partial charge in [0.25, 0.3) is 0 Å². The molecule has 0 aliphatic carbocycles. The highest BCUT2D eigenvalue weighted by molar-refractivity contribution is 5.92. The molecule has 2 aliphatic heterocycles. The first-order valence-electron chi connectivity index (χ1n) is 8.69. The fraction of sp³-hybridized carbons (Fsp3) is 0.474. The van der Waals surface area contributed by atoms with Gasteiger partial charge in [-0.2, -0.15) is 0 Å². The minimum atomic E-state index is -0.166. The molecule has 2 heterocycles. The maximum absolute atomic E-state index is 12.4. The monoisotopic (exact) mass is 344 g/mol. The van der Waals surface area contributed by atoms with Crippen LogP contribution >= 0.6 is 0 Å². The number of amides is 2. The summed E-state index contributed by atoms with van der Waals surface area (Å²) in [7, 11) is 0. The number of likely N-dealkylation sites (tertiary alicyclic amines) is 1. The maximum atomic E-state index is 12.4. The summed E-state index contributed by atoms with van der Waals surface area (Å²) in [5, 5.41) is 2.72. The molecule has 6 nitrogen and oxygen atoms in total. The number of anilines is 1. The van der Waals surface area contributed by atoms with Crippen molar-refractivity contribution in [2.24, 2.45) is 5.92 Å². The number of piperidine rings is 1. The number of hydrogen-bond donors (Lipinski definition) is 1. The summed E-state index contributed by atoms with van der Waals surface area (Å²) in [6.07, 6.45) is 5.24. The molecule has 0 aromatic heterocycles. The number of rotatable bonds is 4. The molecule has 3 rings (SSSR count). The van der Waals surface area contributed by atoms with E-state index in [-0.39, 0.29) is 24.0 Å².